The molecule has 0 spiro atoms. The van der Waals surface area contributed by atoms with E-state index < -0.39 is 0 Å². The van der Waals surface area contributed by atoms with Crippen LogP contribution in [0.3, 0.4) is 0 Å². The van der Waals surface area contributed by atoms with Gasteiger partial charge in [-0.25, -0.2) is 0 Å². The summed E-state index contributed by atoms with van der Waals surface area (Å²) in [5.74, 6) is 1.23. The summed E-state index contributed by atoms with van der Waals surface area (Å²) < 4.78 is 11.6. The number of ether oxygens (including phenoxy) is 1. The summed E-state index contributed by atoms with van der Waals surface area (Å²) in [5, 5.41) is 1.04. The van der Waals surface area contributed by atoms with Crippen LogP contribution in [-0.2, 0) is 10.5 Å². The molecule has 1 aliphatic rings. The predicted molar refractivity (Wildman–Crippen MR) is 89.3 cm³/mol. The van der Waals surface area contributed by atoms with E-state index in [0.717, 1.165) is 22.3 Å². The molecule has 0 radical (unpaired) electrons. The zero-order valence-electron chi connectivity index (χ0n) is 13.2. The molecule has 1 amide bonds. The Morgan fingerprint density at radius 1 is 1.27 bits per heavy atom. The Morgan fingerprint density at radius 3 is 2.64 bits per heavy atom. The van der Waals surface area contributed by atoms with Gasteiger partial charge < -0.3 is 14.1 Å². The number of benzene rings is 1. The molecule has 1 aliphatic heterocycles. The minimum atomic E-state index is -0.0257. The summed E-state index contributed by atoms with van der Waals surface area (Å²) in [5.41, 5.74) is 1.78. The topological polar surface area (TPSA) is 42.7 Å². The third-order valence-electron chi connectivity index (χ3n) is 3.89. The van der Waals surface area contributed by atoms with Crippen LogP contribution in [0.1, 0.15) is 30.0 Å². The molecule has 0 bridgehead atoms. The third-order valence-corrected chi connectivity index (χ3v) is 4.47. The van der Waals surface area contributed by atoms with Crippen molar-refractivity contribution in [2.45, 2.75) is 31.8 Å². The summed E-state index contributed by atoms with van der Waals surface area (Å²) in [6.45, 7) is 5.21. The van der Waals surface area contributed by atoms with Gasteiger partial charge in [0.2, 0.25) is 0 Å². The van der Waals surface area contributed by atoms with E-state index in [-0.39, 0.29) is 18.1 Å². The van der Waals surface area contributed by atoms with Gasteiger partial charge in [-0.1, -0.05) is 18.2 Å². The van der Waals surface area contributed by atoms with Crippen LogP contribution < -0.4 is 0 Å². The van der Waals surface area contributed by atoms with Crippen molar-refractivity contribution in [1.82, 2.24) is 4.90 Å². The fourth-order valence-corrected chi connectivity index (χ4v) is 3.62. The molecule has 22 heavy (non-hydrogen) atoms. The van der Waals surface area contributed by atoms with Gasteiger partial charge in [0.05, 0.1) is 12.2 Å². The van der Waals surface area contributed by atoms with Crippen LogP contribution >= 0.6 is 11.8 Å². The number of nitrogens with zero attached hydrogens (tertiary/aromatic N) is 1. The Kier molecular flexibility index (Phi) is 4.45. The molecule has 2 aromatic rings. The number of carbonyl (C=O) groups is 1. The van der Waals surface area contributed by atoms with Crippen LogP contribution in [0.2, 0.25) is 0 Å². The Morgan fingerprint density at radius 2 is 1.95 bits per heavy atom. The molecule has 0 N–H and O–H groups in total. The van der Waals surface area contributed by atoms with E-state index in [1.165, 1.54) is 0 Å². The second kappa shape index (κ2) is 6.34. The maximum atomic E-state index is 12.9. The van der Waals surface area contributed by atoms with Crippen molar-refractivity contribution in [3.05, 3.63) is 35.6 Å². The van der Waals surface area contributed by atoms with Gasteiger partial charge in [-0.2, -0.15) is 11.8 Å². The van der Waals surface area contributed by atoms with Crippen LogP contribution in [0, 0.1) is 0 Å². The van der Waals surface area contributed by atoms with Crippen molar-refractivity contribution < 1.29 is 13.9 Å². The average Bonchev–Trinajstić information content (AvgIpc) is 2.85. The zero-order valence-corrected chi connectivity index (χ0v) is 14.0. The fourth-order valence-electron chi connectivity index (χ4n) is 3.05. The van der Waals surface area contributed by atoms with Gasteiger partial charge in [-0.15, -0.1) is 0 Å². The number of fused-ring (bicyclic) bond motifs is 1. The first kappa shape index (κ1) is 15.4. The molecular formula is C17H21NO3S. The SMILES string of the molecule is CSCc1c(C(=O)N2CC(C)OC(C)C2)oc2ccccc12. The number of morpholine rings is 1. The summed E-state index contributed by atoms with van der Waals surface area (Å²) in [7, 11) is 0. The highest BCUT2D eigenvalue weighted by molar-refractivity contribution is 7.97. The van der Waals surface area contributed by atoms with Crippen molar-refractivity contribution >= 4 is 28.6 Å². The highest BCUT2D eigenvalue weighted by atomic mass is 32.2. The molecular weight excluding hydrogens is 298 g/mol. The first-order chi connectivity index (χ1) is 10.6. The lowest BCUT2D eigenvalue weighted by Crippen LogP contribution is -2.48. The Bertz CT molecular complexity index is 672. The standard InChI is InChI=1S/C17H21NO3S/c1-11-8-18(9-12(2)20-11)17(19)16-14(10-22-3)13-6-4-5-7-15(13)21-16/h4-7,11-12H,8-10H2,1-3H3. The smallest absolute Gasteiger partial charge is 0.290 e. The van der Waals surface area contributed by atoms with Crippen molar-refractivity contribution in [1.29, 1.82) is 0 Å². The van der Waals surface area contributed by atoms with Gasteiger partial charge in [-0.05, 0) is 26.2 Å². The van der Waals surface area contributed by atoms with Crippen LogP contribution in [0.5, 0.6) is 0 Å². The molecule has 3 rings (SSSR count). The lowest BCUT2D eigenvalue weighted by Gasteiger charge is -2.34. The van der Waals surface area contributed by atoms with Crippen LogP contribution in [0.25, 0.3) is 11.0 Å². The van der Waals surface area contributed by atoms with Gasteiger partial charge in [-0.3, -0.25) is 4.79 Å². The fraction of sp³-hybridized carbons (Fsp3) is 0.471. The zero-order chi connectivity index (χ0) is 15.7. The number of rotatable bonds is 3. The third kappa shape index (κ3) is 2.88. The van der Waals surface area contributed by atoms with Crippen molar-refractivity contribution in [2.24, 2.45) is 0 Å². The number of hydrogen-bond acceptors (Lipinski definition) is 4. The number of carbonyl (C=O) groups excluding carboxylic acids is 1. The summed E-state index contributed by atoms with van der Waals surface area (Å²) in [4.78, 5) is 14.8. The Balaban J connectivity index is 1.97. The van der Waals surface area contributed by atoms with E-state index in [4.69, 9.17) is 9.15 Å². The maximum Gasteiger partial charge on any atom is 0.290 e. The normalized spacial score (nSPS) is 22.2. The second-order valence-corrected chi connectivity index (χ2v) is 6.67. The average molecular weight is 319 g/mol. The lowest BCUT2D eigenvalue weighted by molar-refractivity contribution is -0.0592. The molecule has 5 heteroatoms. The monoisotopic (exact) mass is 319 g/mol. The molecule has 1 aromatic carbocycles. The Hall–Kier alpha value is -1.46. The van der Waals surface area contributed by atoms with Gasteiger partial charge in [0.25, 0.3) is 5.91 Å². The number of furan rings is 1. The molecule has 1 saturated heterocycles. The van der Waals surface area contributed by atoms with Crippen molar-refractivity contribution in [2.75, 3.05) is 19.3 Å². The molecule has 2 heterocycles. The number of amides is 1. The summed E-state index contributed by atoms with van der Waals surface area (Å²) in [6, 6.07) is 7.85. The minimum Gasteiger partial charge on any atom is -0.451 e. The van der Waals surface area contributed by atoms with Gasteiger partial charge in [0, 0.05) is 29.8 Å². The van der Waals surface area contributed by atoms with E-state index in [1.54, 1.807) is 11.8 Å². The van der Waals surface area contributed by atoms with E-state index in [1.807, 2.05) is 49.3 Å². The van der Waals surface area contributed by atoms with Crippen LogP contribution in [-0.4, -0.2) is 42.4 Å². The minimum absolute atomic E-state index is 0.0257. The van der Waals surface area contributed by atoms with Crippen molar-refractivity contribution in [3.63, 3.8) is 0 Å². The van der Waals surface area contributed by atoms with E-state index in [0.29, 0.717) is 18.8 Å². The molecule has 1 aromatic heterocycles. The first-order valence-electron chi connectivity index (χ1n) is 7.54. The molecule has 0 aliphatic carbocycles. The van der Waals surface area contributed by atoms with E-state index >= 15 is 0 Å². The molecule has 118 valence electrons. The highest BCUT2D eigenvalue weighted by Crippen LogP contribution is 2.30. The summed E-state index contributed by atoms with van der Waals surface area (Å²) in [6.07, 6.45) is 2.15. The molecule has 1 fully saturated rings. The predicted octanol–water partition coefficient (Wildman–Crippen LogP) is 3.55. The molecule has 2 atom stereocenters. The van der Waals surface area contributed by atoms with Gasteiger partial charge in [0.1, 0.15) is 5.58 Å². The molecule has 2 unspecified atom stereocenters. The number of para-hydroxylation sites is 1. The largest absolute Gasteiger partial charge is 0.451 e. The Labute approximate surface area is 134 Å². The number of thioether (sulfide) groups is 1. The van der Waals surface area contributed by atoms with Gasteiger partial charge in [0.15, 0.2) is 5.76 Å². The summed E-state index contributed by atoms with van der Waals surface area (Å²) >= 11 is 1.70. The molecule has 4 nitrogen and oxygen atoms in total. The second-order valence-electron chi connectivity index (χ2n) is 5.81. The van der Waals surface area contributed by atoms with Crippen LogP contribution in [0.4, 0.5) is 0 Å². The quantitative estimate of drug-likeness (QED) is 0.868. The van der Waals surface area contributed by atoms with Gasteiger partial charge >= 0.3 is 0 Å². The molecule has 0 saturated carbocycles. The lowest BCUT2D eigenvalue weighted by atomic mass is 10.1. The highest BCUT2D eigenvalue weighted by Gasteiger charge is 2.30. The number of hydrogen-bond donors (Lipinski definition) is 0. The van der Waals surface area contributed by atoms with Crippen molar-refractivity contribution in [3.8, 4) is 0 Å². The van der Waals surface area contributed by atoms with E-state index in [2.05, 4.69) is 0 Å². The first-order valence-corrected chi connectivity index (χ1v) is 8.93. The van der Waals surface area contributed by atoms with E-state index in [9.17, 15) is 4.79 Å². The van der Waals surface area contributed by atoms with Crippen LogP contribution in [0.15, 0.2) is 28.7 Å². The maximum absolute atomic E-state index is 12.9.